The van der Waals surface area contributed by atoms with E-state index >= 15 is 0 Å². The van der Waals surface area contributed by atoms with Gasteiger partial charge in [-0.2, -0.15) is 0 Å². The highest BCUT2D eigenvalue weighted by Gasteiger charge is 2.34. The van der Waals surface area contributed by atoms with Crippen LogP contribution in [-0.2, 0) is 4.79 Å². The Morgan fingerprint density at radius 3 is 2.12 bits per heavy atom. The Balaban J connectivity index is 4.70. The van der Waals surface area contributed by atoms with E-state index in [1.54, 1.807) is 11.8 Å². The van der Waals surface area contributed by atoms with Gasteiger partial charge in [0, 0.05) is 12.6 Å². The molecule has 5 heteroatoms. The quantitative estimate of drug-likeness (QED) is 0.755. The molecular weight excluding hydrogens is 208 g/mol. The first-order valence-corrected chi connectivity index (χ1v) is 5.60. The number of carboxylic acid groups (broad SMARTS) is 1. The van der Waals surface area contributed by atoms with Crippen molar-refractivity contribution in [1.82, 2.24) is 10.2 Å². The molecule has 0 aromatic carbocycles. The van der Waals surface area contributed by atoms with Crippen molar-refractivity contribution in [3.63, 3.8) is 0 Å². The molecule has 0 fully saturated rings. The monoisotopic (exact) mass is 230 g/mol. The molecule has 0 spiro atoms. The van der Waals surface area contributed by atoms with Crippen LogP contribution in [0, 0.1) is 0 Å². The van der Waals surface area contributed by atoms with Crippen molar-refractivity contribution >= 4 is 12.0 Å². The van der Waals surface area contributed by atoms with E-state index in [4.69, 9.17) is 5.11 Å². The topological polar surface area (TPSA) is 69.6 Å². The second-order valence-corrected chi connectivity index (χ2v) is 4.30. The van der Waals surface area contributed by atoms with Crippen LogP contribution in [-0.4, -0.2) is 40.1 Å². The third-order valence-corrected chi connectivity index (χ3v) is 2.79. The first-order chi connectivity index (χ1) is 7.28. The van der Waals surface area contributed by atoms with E-state index in [0.717, 1.165) is 0 Å². The lowest BCUT2D eigenvalue weighted by molar-refractivity contribution is -0.143. The van der Waals surface area contributed by atoms with E-state index in [1.165, 1.54) is 6.92 Å². The number of aliphatic carboxylic acids is 1. The molecule has 1 atom stereocenters. The van der Waals surface area contributed by atoms with Crippen molar-refractivity contribution < 1.29 is 14.7 Å². The molecule has 0 aliphatic heterocycles. The Morgan fingerprint density at radius 2 is 1.88 bits per heavy atom. The molecule has 0 saturated carbocycles. The smallest absolute Gasteiger partial charge is 0.329 e. The zero-order valence-corrected chi connectivity index (χ0v) is 10.7. The number of carboxylic acids is 1. The van der Waals surface area contributed by atoms with Crippen molar-refractivity contribution in [2.24, 2.45) is 0 Å². The van der Waals surface area contributed by atoms with Crippen LogP contribution in [0.15, 0.2) is 0 Å². The molecule has 0 bridgehead atoms. The van der Waals surface area contributed by atoms with Crippen molar-refractivity contribution in [3.05, 3.63) is 0 Å². The lowest BCUT2D eigenvalue weighted by Crippen LogP contribution is -2.56. The number of nitrogens with one attached hydrogen (secondary N) is 1. The molecule has 0 radical (unpaired) electrons. The number of nitrogens with zero attached hydrogens (tertiary/aromatic N) is 1. The summed E-state index contributed by atoms with van der Waals surface area (Å²) >= 11 is 0. The maximum absolute atomic E-state index is 11.8. The summed E-state index contributed by atoms with van der Waals surface area (Å²) < 4.78 is 0. The van der Waals surface area contributed by atoms with Gasteiger partial charge in [0.1, 0.15) is 5.54 Å². The maximum Gasteiger partial charge on any atom is 0.329 e. The molecule has 0 aliphatic carbocycles. The van der Waals surface area contributed by atoms with Gasteiger partial charge in [-0.15, -0.1) is 0 Å². The van der Waals surface area contributed by atoms with Crippen LogP contribution in [0.4, 0.5) is 4.79 Å². The van der Waals surface area contributed by atoms with E-state index < -0.39 is 11.5 Å². The van der Waals surface area contributed by atoms with Gasteiger partial charge in [-0.1, -0.05) is 6.92 Å². The Hall–Kier alpha value is -1.26. The Morgan fingerprint density at radius 1 is 1.38 bits per heavy atom. The third kappa shape index (κ3) is 3.40. The number of hydrogen-bond acceptors (Lipinski definition) is 2. The molecule has 16 heavy (non-hydrogen) atoms. The third-order valence-electron chi connectivity index (χ3n) is 2.79. The first kappa shape index (κ1) is 14.7. The molecule has 2 amide bonds. The molecule has 94 valence electrons. The summed E-state index contributed by atoms with van der Waals surface area (Å²) in [5, 5.41) is 11.6. The standard InChI is InChI=1S/C11H22N2O3/c1-6-11(5,9(14)15)12-10(16)13(7-2)8(3)4/h8H,6-7H2,1-5H3,(H,12,16)(H,14,15). The highest BCUT2D eigenvalue weighted by atomic mass is 16.4. The van der Waals surface area contributed by atoms with E-state index in [2.05, 4.69) is 5.32 Å². The molecule has 0 aromatic heterocycles. The van der Waals surface area contributed by atoms with Crippen LogP contribution in [0.2, 0.25) is 0 Å². The largest absolute Gasteiger partial charge is 0.480 e. The van der Waals surface area contributed by atoms with Crippen LogP contribution < -0.4 is 5.32 Å². The van der Waals surface area contributed by atoms with Crippen molar-refractivity contribution in [1.29, 1.82) is 0 Å². The van der Waals surface area contributed by atoms with Crippen LogP contribution in [0.5, 0.6) is 0 Å². The summed E-state index contributed by atoms with van der Waals surface area (Å²) in [5.41, 5.74) is -1.20. The average molecular weight is 230 g/mol. The fourth-order valence-electron chi connectivity index (χ4n) is 1.34. The molecule has 0 heterocycles. The summed E-state index contributed by atoms with van der Waals surface area (Å²) in [6.07, 6.45) is 0.351. The molecule has 5 nitrogen and oxygen atoms in total. The molecule has 0 saturated heterocycles. The number of carbonyl (C=O) groups excluding carboxylic acids is 1. The fourth-order valence-corrected chi connectivity index (χ4v) is 1.34. The average Bonchev–Trinajstić information content (AvgIpc) is 2.17. The lowest BCUT2D eigenvalue weighted by Gasteiger charge is -2.31. The van der Waals surface area contributed by atoms with Crippen molar-refractivity contribution in [3.8, 4) is 0 Å². The highest BCUT2D eigenvalue weighted by molar-refractivity contribution is 5.85. The van der Waals surface area contributed by atoms with Gasteiger partial charge in [-0.25, -0.2) is 9.59 Å². The van der Waals surface area contributed by atoms with Gasteiger partial charge >= 0.3 is 12.0 Å². The molecular formula is C11H22N2O3. The second-order valence-electron chi connectivity index (χ2n) is 4.30. The summed E-state index contributed by atoms with van der Waals surface area (Å²) in [5.74, 6) is -1.01. The molecule has 2 N–H and O–H groups in total. The minimum atomic E-state index is -1.20. The van der Waals surface area contributed by atoms with Crippen molar-refractivity contribution in [2.75, 3.05) is 6.54 Å². The molecule has 1 unspecified atom stereocenters. The van der Waals surface area contributed by atoms with Gasteiger partial charge in [-0.3, -0.25) is 0 Å². The van der Waals surface area contributed by atoms with Crippen LogP contribution in [0.1, 0.15) is 41.0 Å². The van der Waals surface area contributed by atoms with E-state index in [0.29, 0.717) is 13.0 Å². The SMILES string of the molecule is CCN(C(=O)NC(C)(CC)C(=O)O)C(C)C. The molecule has 0 rings (SSSR count). The number of urea groups is 1. The van der Waals surface area contributed by atoms with Crippen LogP contribution >= 0.6 is 0 Å². The van der Waals surface area contributed by atoms with Gasteiger partial charge in [-0.05, 0) is 34.1 Å². The van der Waals surface area contributed by atoms with E-state index in [9.17, 15) is 9.59 Å². The summed E-state index contributed by atoms with van der Waals surface area (Å²) in [6, 6.07) is -0.274. The van der Waals surface area contributed by atoms with Gasteiger partial charge in [0.05, 0.1) is 0 Å². The zero-order valence-electron chi connectivity index (χ0n) is 10.7. The fraction of sp³-hybridized carbons (Fsp3) is 0.818. The minimum Gasteiger partial charge on any atom is -0.480 e. The van der Waals surface area contributed by atoms with Gasteiger partial charge in [0.15, 0.2) is 0 Å². The maximum atomic E-state index is 11.8. The van der Waals surface area contributed by atoms with E-state index in [1.807, 2.05) is 20.8 Å². The number of hydrogen-bond donors (Lipinski definition) is 2. The predicted octanol–water partition coefficient (Wildman–Crippen LogP) is 1.68. The summed E-state index contributed by atoms with van der Waals surface area (Å²) in [4.78, 5) is 24.5. The summed E-state index contributed by atoms with van der Waals surface area (Å²) in [7, 11) is 0. The summed E-state index contributed by atoms with van der Waals surface area (Å²) in [6.45, 7) is 9.47. The first-order valence-electron chi connectivity index (χ1n) is 5.60. The Labute approximate surface area is 96.8 Å². The number of carbonyl (C=O) groups is 2. The van der Waals surface area contributed by atoms with Crippen LogP contribution in [0.25, 0.3) is 0 Å². The molecule has 0 aromatic rings. The molecule has 0 aliphatic rings. The van der Waals surface area contributed by atoms with Crippen LogP contribution in [0.3, 0.4) is 0 Å². The normalized spacial score (nSPS) is 14.4. The lowest BCUT2D eigenvalue weighted by atomic mass is 10.00. The van der Waals surface area contributed by atoms with Gasteiger partial charge in [0.2, 0.25) is 0 Å². The van der Waals surface area contributed by atoms with E-state index in [-0.39, 0.29) is 12.1 Å². The highest BCUT2D eigenvalue weighted by Crippen LogP contribution is 2.11. The van der Waals surface area contributed by atoms with Crippen molar-refractivity contribution in [2.45, 2.75) is 52.6 Å². The predicted molar refractivity (Wildman–Crippen MR) is 62.4 cm³/mol. The second kappa shape index (κ2) is 5.72. The minimum absolute atomic E-state index is 0.0555. The number of amides is 2. The van der Waals surface area contributed by atoms with Gasteiger partial charge in [0.25, 0.3) is 0 Å². The zero-order chi connectivity index (χ0) is 12.9. The number of rotatable bonds is 5. The van der Waals surface area contributed by atoms with Gasteiger partial charge < -0.3 is 15.3 Å². The Kier molecular flexibility index (Phi) is 5.27. The Bertz CT molecular complexity index is 266.